The van der Waals surface area contributed by atoms with Gasteiger partial charge in [0, 0.05) is 13.0 Å². The molecule has 0 radical (unpaired) electrons. The number of aromatic carboxylic acids is 1. The number of rotatable bonds is 13. The van der Waals surface area contributed by atoms with Crippen LogP contribution in [-0.2, 0) is 0 Å². The lowest BCUT2D eigenvalue weighted by atomic mass is 10.1. The van der Waals surface area contributed by atoms with Crippen LogP contribution in [0.3, 0.4) is 0 Å². The Balaban J connectivity index is 1.41. The lowest BCUT2D eigenvalue weighted by molar-refractivity contribution is 0.0697. The third-order valence-electron chi connectivity index (χ3n) is 5.67. The fraction of sp³-hybridized carbons (Fsp3) is 0.462. The third kappa shape index (κ3) is 7.12. The van der Waals surface area contributed by atoms with Crippen molar-refractivity contribution in [2.24, 2.45) is 5.10 Å². The molecule has 0 unspecified atom stereocenters. The molecule has 0 aliphatic carbocycles. The highest BCUT2D eigenvalue weighted by atomic mass is 16.5. The van der Waals surface area contributed by atoms with E-state index in [-0.39, 0.29) is 5.56 Å². The summed E-state index contributed by atoms with van der Waals surface area (Å²) in [5.41, 5.74) is 3.33. The van der Waals surface area contributed by atoms with E-state index in [1.165, 1.54) is 44.9 Å². The summed E-state index contributed by atoms with van der Waals surface area (Å²) in [5, 5.41) is 15.7. The van der Waals surface area contributed by atoms with E-state index in [9.17, 15) is 4.79 Å². The summed E-state index contributed by atoms with van der Waals surface area (Å²) >= 11 is 0. The number of carboxylic acid groups (broad SMARTS) is 1. The fourth-order valence-corrected chi connectivity index (χ4v) is 3.79. The van der Waals surface area contributed by atoms with Crippen molar-refractivity contribution >= 4 is 17.4 Å². The lowest BCUT2D eigenvalue weighted by Crippen LogP contribution is -2.11. The van der Waals surface area contributed by atoms with Gasteiger partial charge in [0.05, 0.1) is 23.6 Å². The number of anilines is 1. The number of hydrazone groups is 1. The zero-order chi connectivity index (χ0) is 21.9. The molecule has 1 aliphatic rings. The Morgan fingerprint density at radius 2 is 1.58 bits per heavy atom. The van der Waals surface area contributed by atoms with E-state index in [2.05, 4.69) is 19.1 Å². The average molecular weight is 423 g/mol. The molecule has 5 nitrogen and oxygen atoms in total. The van der Waals surface area contributed by atoms with Gasteiger partial charge in [-0.2, -0.15) is 5.10 Å². The Bertz CT molecular complexity index is 844. The smallest absolute Gasteiger partial charge is 0.335 e. The number of ether oxygens (including phenoxy) is 1. The summed E-state index contributed by atoms with van der Waals surface area (Å²) in [7, 11) is 0. The van der Waals surface area contributed by atoms with Crippen LogP contribution in [0.15, 0.2) is 53.6 Å². The fourth-order valence-electron chi connectivity index (χ4n) is 3.79. The summed E-state index contributed by atoms with van der Waals surface area (Å²) in [6, 6.07) is 15.0. The van der Waals surface area contributed by atoms with Crippen LogP contribution in [0.4, 0.5) is 5.69 Å². The van der Waals surface area contributed by atoms with Crippen LogP contribution in [-0.4, -0.2) is 29.9 Å². The van der Waals surface area contributed by atoms with Gasteiger partial charge in [-0.15, -0.1) is 0 Å². The van der Waals surface area contributed by atoms with E-state index in [1.807, 2.05) is 17.1 Å². The highest BCUT2D eigenvalue weighted by molar-refractivity contribution is 6.02. The molecule has 0 bridgehead atoms. The van der Waals surface area contributed by atoms with Gasteiger partial charge in [0.1, 0.15) is 5.75 Å². The Hall–Kier alpha value is -2.82. The normalized spacial score (nSPS) is 13.3. The maximum Gasteiger partial charge on any atom is 0.335 e. The topological polar surface area (TPSA) is 62.1 Å². The minimum Gasteiger partial charge on any atom is -0.494 e. The van der Waals surface area contributed by atoms with Crippen molar-refractivity contribution in [2.45, 2.75) is 64.7 Å². The van der Waals surface area contributed by atoms with E-state index >= 15 is 0 Å². The van der Waals surface area contributed by atoms with Crippen LogP contribution in [0.2, 0.25) is 0 Å². The van der Waals surface area contributed by atoms with Gasteiger partial charge in [-0.25, -0.2) is 4.79 Å². The van der Waals surface area contributed by atoms with Crippen LogP contribution in [0.25, 0.3) is 0 Å². The minimum atomic E-state index is -0.915. The first kappa shape index (κ1) is 22.9. The highest BCUT2D eigenvalue weighted by Gasteiger charge is 2.17. The monoisotopic (exact) mass is 422 g/mol. The Kier molecular flexibility index (Phi) is 8.95. The molecule has 0 atom stereocenters. The number of carboxylic acids is 1. The van der Waals surface area contributed by atoms with Gasteiger partial charge in [0.2, 0.25) is 0 Å². The van der Waals surface area contributed by atoms with E-state index in [0.29, 0.717) is 0 Å². The zero-order valence-corrected chi connectivity index (χ0v) is 18.6. The molecule has 1 heterocycles. The van der Waals surface area contributed by atoms with E-state index < -0.39 is 5.97 Å². The van der Waals surface area contributed by atoms with Gasteiger partial charge in [0.15, 0.2) is 0 Å². The molecule has 0 saturated heterocycles. The average Bonchev–Trinajstić information content (AvgIpc) is 3.29. The zero-order valence-electron chi connectivity index (χ0n) is 18.6. The molecule has 0 spiro atoms. The first-order valence-electron chi connectivity index (χ1n) is 11.6. The summed E-state index contributed by atoms with van der Waals surface area (Å²) in [6.45, 7) is 3.82. The molecule has 0 aromatic heterocycles. The Morgan fingerprint density at radius 1 is 0.935 bits per heavy atom. The Morgan fingerprint density at radius 3 is 2.23 bits per heavy atom. The van der Waals surface area contributed by atoms with Crippen LogP contribution >= 0.6 is 0 Å². The van der Waals surface area contributed by atoms with Crippen molar-refractivity contribution in [3.8, 4) is 5.75 Å². The lowest BCUT2D eigenvalue weighted by Gasteiger charge is -2.13. The molecule has 31 heavy (non-hydrogen) atoms. The van der Waals surface area contributed by atoms with Gasteiger partial charge in [-0.05, 0) is 60.5 Å². The number of hydrogen-bond acceptors (Lipinski definition) is 4. The van der Waals surface area contributed by atoms with Gasteiger partial charge >= 0.3 is 5.97 Å². The second kappa shape index (κ2) is 12.1. The van der Waals surface area contributed by atoms with Crippen molar-refractivity contribution < 1.29 is 14.6 Å². The summed E-state index contributed by atoms with van der Waals surface area (Å²) in [6.07, 6.45) is 11.3. The van der Waals surface area contributed by atoms with Crippen molar-refractivity contribution in [3.63, 3.8) is 0 Å². The number of carbonyl (C=O) groups is 1. The molecule has 0 saturated carbocycles. The number of unbranched alkanes of at least 4 members (excludes halogenated alkanes) is 7. The van der Waals surface area contributed by atoms with E-state index in [0.717, 1.165) is 48.7 Å². The van der Waals surface area contributed by atoms with Crippen molar-refractivity contribution in [1.82, 2.24) is 0 Å². The third-order valence-corrected chi connectivity index (χ3v) is 5.67. The largest absolute Gasteiger partial charge is 0.494 e. The van der Waals surface area contributed by atoms with Crippen LogP contribution in [0.5, 0.6) is 5.75 Å². The predicted octanol–water partition coefficient (Wildman–Crippen LogP) is 6.52. The summed E-state index contributed by atoms with van der Waals surface area (Å²) in [4.78, 5) is 11.0. The molecule has 5 heteroatoms. The van der Waals surface area contributed by atoms with Crippen molar-refractivity contribution in [3.05, 3.63) is 59.7 Å². The maximum atomic E-state index is 11.0. The van der Waals surface area contributed by atoms with Crippen LogP contribution < -0.4 is 9.75 Å². The van der Waals surface area contributed by atoms with Crippen molar-refractivity contribution in [1.29, 1.82) is 0 Å². The van der Waals surface area contributed by atoms with Gasteiger partial charge in [0.25, 0.3) is 0 Å². The number of nitrogens with zero attached hydrogens (tertiary/aromatic N) is 2. The molecular weight excluding hydrogens is 388 g/mol. The standard InChI is InChI=1S/C26H34N2O3/c1-2-3-4-5-6-7-8-9-20-31-24-16-12-21(13-17-24)25-18-19-28(27-25)23-14-10-22(11-15-23)26(29)30/h10-17H,2-9,18-20H2,1H3,(H,29,30). The quantitative estimate of drug-likeness (QED) is 0.373. The SMILES string of the molecule is CCCCCCCCCCOc1ccc(C2=NN(c3ccc(C(=O)O)cc3)CC2)cc1. The van der Waals surface area contributed by atoms with Gasteiger partial charge in [-0.1, -0.05) is 51.9 Å². The predicted molar refractivity (Wildman–Crippen MR) is 126 cm³/mol. The molecule has 2 aromatic rings. The van der Waals surface area contributed by atoms with Crippen molar-refractivity contribution in [2.75, 3.05) is 18.2 Å². The van der Waals surface area contributed by atoms with E-state index in [1.54, 1.807) is 24.3 Å². The summed E-state index contributed by atoms with van der Waals surface area (Å²) < 4.78 is 5.89. The van der Waals surface area contributed by atoms with Gasteiger partial charge in [-0.3, -0.25) is 5.01 Å². The number of benzene rings is 2. The van der Waals surface area contributed by atoms with Crippen LogP contribution in [0.1, 0.15) is 80.6 Å². The minimum absolute atomic E-state index is 0.287. The number of hydrogen-bond donors (Lipinski definition) is 1. The van der Waals surface area contributed by atoms with Crippen LogP contribution in [0, 0.1) is 0 Å². The second-order valence-corrected chi connectivity index (χ2v) is 8.12. The highest BCUT2D eigenvalue weighted by Crippen LogP contribution is 2.23. The molecular formula is C26H34N2O3. The molecule has 166 valence electrons. The summed E-state index contributed by atoms with van der Waals surface area (Å²) in [5.74, 6) is -0.00621. The maximum absolute atomic E-state index is 11.0. The molecule has 0 fully saturated rings. The second-order valence-electron chi connectivity index (χ2n) is 8.12. The molecule has 0 amide bonds. The Labute approximate surface area is 185 Å². The van der Waals surface area contributed by atoms with E-state index in [4.69, 9.17) is 14.9 Å². The molecule has 1 aliphatic heterocycles. The first-order valence-corrected chi connectivity index (χ1v) is 11.6. The first-order chi connectivity index (χ1) is 15.2. The molecule has 3 rings (SSSR count). The molecule has 1 N–H and O–H groups in total. The van der Waals surface area contributed by atoms with Gasteiger partial charge < -0.3 is 9.84 Å². The molecule has 2 aromatic carbocycles.